The van der Waals surface area contributed by atoms with E-state index >= 15 is 0 Å². The van der Waals surface area contributed by atoms with Gasteiger partial charge in [0.2, 0.25) is 0 Å². The molecular formula is C13H16N4O3. The van der Waals surface area contributed by atoms with Gasteiger partial charge in [-0.3, -0.25) is 4.79 Å². The van der Waals surface area contributed by atoms with Crippen LogP contribution in [0.25, 0.3) is 0 Å². The molecular weight excluding hydrogens is 260 g/mol. The third-order valence-electron chi connectivity index (χ3n) is 3.72. The van der Waals surface area contributed by atoms with E-state index in [0.29, 0.717) is 36.4 Å². The number of aromatic amines is 1. The number of β-amino-alcohol motifs (C(OH)–C–C–N with tert-alkyl or cyclic N) is 1. The summed E-state index contributed by atoms with van der Waals surface area (Å²) in [5, 5.41) is 20.7. The Labute approximate surface area is 115 Å². The van der Waals surface area contributed by atoms with E-state index in [1.807, 2.05) is 6.92 Å². The summed E-state index contributed by atoms with van der Waals surface area (Å²) < 4.78 is 5.28. The molecule has 3 heterocycles. The van der Waals surface area contributed by atoms with E-state index in [0.717, 1.165) is 0 Å². The Bertz CT molecular complexity index is 607. The number of aliphatic hydroxyl groups is 1. The third kappa shape index (κ3) is 2.00. The maximum absolute atomic E-state index is 12.5. The number of hydrogen-bond donors (Lipinski definition) is 2. The number of nitrogens with zero attached hydrogens (tertiary/aromatic N) is 3. The predicted octanol–water partition coefficient (Wildman–Crippen LogP) is 0.694. The molecule has 1 saturated heterocycles. The molecule has 2 aromatic rings. The molecule has 0 bridgehead atoms. The molecule has 0 radical (unpaired) electrons. The zero-order valence-corrected chi connectivity index (χ0v) is 11.2. The zero-order chi connectivity index (χ0) is 14.2. The smallest absolute Gasteiger partial charge is 0.257 e. The summed E-state index contributed by atoms with van der Waals surface area (Å²) >= 11 is 0. The van der Waals surface area contributed by atoms with Crippen LogP contribution in [0.15, 0.2) is 22.9 Å². The summed E-state index contributed by atoms with van der Waals surface area (Å²) in [6.45, 7) is 2.63. The molecule has 0 saturated carbocycles. The number of nitrogens with one attached hydrogen (secondary N) is 1. The first kappa shape index (κ1) is 12.9. The lowest BCUT2D eigenvalue weighted by Gasteiger charge is -2.21. The number of rotatable bonds is 3. The van der Waals surface area contributed by atoms with Crippen LogP contribution in [0.4, 0.5) is 0 Å². The van der Waals surface area contributed by atoms with Crippen LogP contribution in [0.1, 0.15) is 35.2 Å². The van der Waals surface area contributed by atoms with Crippen LogP contribution in [-0.2, 0) is 12.0 Å². The highest BCUT2D eigenvalue weighted by molar-refractivity contribution is 5.95. The van der Waals surface area contributed by atoms with Gasteiger partial charge in [-0.1, -0.05) is 6.92 Å². The summed E-state index contributed by atoms with van der Waals surface area (Å²) in [7, 11) is 0. The molecule has 20 heavy (non-hydrogen) atoms. The van der Waals surface area contributed by atoms with Crippen LogP contribution in [0.3, 0.4) is 0 Å². The van der Waals surface area contributed by atoms with Crippen molar-refractivity contribution >= 4 is 5.91 Å². The van der Waals surface area contributed by atoms with Crippen molar-refractivity contribution in [2.24, 2.45) is 0 Å². The van der Waals surface area contributed by atoms with Gasteiger partial charge in [0, 0.05) is 19.4 Å². The van der Waals surface area contributed by atoms with Crippen LogP contribution < -0.4 is 0 Å². The van der Waals surface area contributed by atoms with Gasteiger partial charge in [-0.25, -0.2) is 0 Å². The molecule has 1 unspecified atom stereocenters. The Morgan fingerprint density at radius 1 is 1.65 bits per heavy atom. The van der Waals surface area contributed by atoms with Gasteiger partial charge in [-0.05, 0) is 6.07 Å². The predicted molar refractivity (Wildman–Crippen MR) is 68.9 cm³/mol. The molecule has 7 heteroatoms. The summed E-state index contributed by atoms with van der Waals surface area (Å²) in [5.41, 5.74) is -0.0914. The van der Waals surface area contributed by atoms with E-state index in [-0.39, 0.29) is 12.5 Å². The van der Waals surface area contributed by atoms with E-state index in [9.17, 15) is 9.90 Å². The van der Waals surface area contributed by atoms with Gasteiger partial charge in [-0.2, -0.15) is 15.4 Å². The topological polar surface area (TPSA) is 95.3 Å². The number of H-pyrrole nitrogens is 1. The number of aromatic nitrogens is 3. The number of amides is 1. The van der Waals surface area contributed by atoms with Gasteiger partial charge in [0.25, 0.3) is 5.91 Å². The van der Waals surface area contributed by atoms with Crippen molar-refractivity contribution in [3.63, 3.8) is 0 Å². The average molecular weight is 276 g/mol. The minimum Gasteiger partial charge on any atom is -0.469 e. The number of aryl methyl sites for hydroxylation is 1. The van der Waals surface area contributed by atoms with Crippen molar-refractivity contribution in [2.45, 2.75) is 25.4 Å². The highest BCUT2D eigenvalue weighted by Gasteiger charge is 2.42. The molecule has 106 valence electrons. The first-order valence-corrected chi connectivity index (χ1v) is 6.58. The highest BCUT2D eigenvalue weighted by Crippen LogP contribution is 2.31. The summed E-state index contributed by atoms with van der Waals surface area (Å²) in [6.07, 6.45) is 4.12. The van der Waals surface area contributed by atoms with E-state index in [1.165, 1.54) is 12.5 Å². The SMILES string of the molecule is CCc1occc1C(=O)N1CCC(O)(c2cn[nH]n2)C1. The van der Waals surface area contributed by atoms with E-state index in [1.54, 1.807) is 11.0 Å². The molecule has 7 nitrogen and oxygen atoms in total. The molecule has 1 aliphatic heterocycles. The minimum absolute atomic E-state index is 0.116. The second-order valence-corrected chi connectivity index (χ2v) is 4.97. The second kappa shape index (κ2) is 4.75. The minimum atomic E-state index is -1.13. The van der Waals surface area contributed by atoms with Gasteiger partial charge < -0.3 is 14.4 Å². The molecule has 2 aromatic heterocycles. The fourth-order valence-corrected chi connectivity index (χ4v) is 2.58. The Morgan fingerprint density at radius 2 is 2.50 bits per heavy atom. The van der Waals surface area contributed by atoms with Crippen molar-refractivity contribution in [3.05, 3.63) is 35.5 Å². The molecule has 1 amide bonds. The maximum atomic E-state index is 12.5. The number of carbonyl (C=O) groups is 1. The molecule has 1 aliphatic rings. The van der Waals surface area contributed by atoms with Crippen molar-refractivity contribution in [2.75, 3.05) is 13.1 Å². The van der Waals surface area contributed by atoms with Gasteiger partial charge >= 0.3 is 0 Å². The lowest BCUT2D eigenvalue weighted by atomic mass is 10.00. The van der Waals surface area contributed by atoms with Crippen molar-refractivity contribution in [1.29, 1.82) is 0 Å². The first-order chi connectivity index (χ1) is 9.64. The highest BCUT2D eigenvalue weighted by atomic mass is 16.3. The monoisotopic (exact) mass is 276 g/mol. The number of carbonyl (C=O) groups excluding carboxylic acids is 1. The standard InChI is InChI=1S/C13H16N4O3/c1-2-10-9(3-6-20-10)12(18)17-5-4-13(19,8-17)11-7-14-16-15-11/h3,6-7,19H,2,4-5,8H2,1H3,(H,14,15,16). The van der Waals surface area contributed by atoms with Crippen LogP contribution in [0.5, 0.6) is 0 Å². The largest absolute Gasteiger partial charge is 0.469 e. The van der Waals surface area contributed by atoms with Crippen LogP contribution in [-0.4, -0.2) is 44.4 Å². The molecule has 0 spiro atoms. The molecule has 2 N–H and O–H groups in total. The van der Waals surface area contributed by atoms with Gasteiger partial charge in [0.1, 0.15) is 17.1 Å². The fraction of sp³-hybridized carbons (Fsp3) is 0.462. The Hall–Kier alpha value is -2.15. The van der Waals surface area contributed by atoms with Gasteiger partial charge in [-0.15, -0.1) is 0 Å². The van der Waals surface area contributed by atoms with Gasteiger partial charge in [0.15, 0.2) is 0 Å². The zero-order valence-electron chi connectivity index (χ0n) is 11.2. The summed E-state index contributed by atoms with van der Waals surface area (Å²) in [6, 6.07) is 1.68. The van der Waals surface area contributed by atoms with Crippen molar-refractivity contribution in [1.82, 2.24) is 20.3 Å². The second-order valence-electron chi connectivity index (χ2n) is 4.97. The molecule has 3 rings (SSSR count). The van der Waals surface area contributed by atoms with E-state index < -0.39 is 5.60 Å². The van der Waals surface area contributed by atoms with Crippen LogP contribution in [0.2, 0.25) is 0 Å². The lowest BCUT2D eigenvalue weighted by Crippen LogP contribution is -2.34. The van der Waals surface area contributed by atoms with Gasteiger partial charge in [0.05, 0.1) is 24.6 Å². The average Bonchev–Trinajstić information content (AvgIpc) is 3.18. The lowest BCUT2D eigenvalue weighted by molar-refractivity contribution is 0.0381. The Kier molecular flexibility index (Phi) is 3.06. The van der Waals surface area contributed by atoms with Crippen molar-refractivity contribution in [3.8, 4) is 0 Å². The number of hydrogen-bond acceptors (Lipinski definition) is 5. The van der Waals surface area contributed by atoms with Crippen LogP contribution in [0, 0.1) is 0 Å². The molecule has 0 aliphatic carbocycles. The summed E-state index contributed by atoms with van der Waals surface area (Å²) in [4.78, 5) is 14.1. The fourth-order valence-electron chi connectivity index (χ4n) is 2.58. The quantitative estimate of drug-likeness (QED) is 0.860. The summed E-state index contributed by atoms with van der Waals surface area (Å²) in [5.74, 6) is 0.557. The van der Waals surface area contributed by atoms with E-state index in [2.05, 4.69) is 15.4 Å². The molecule has 0 aromatic carbocycles. The van der Waals surface area contributed by atoms with Crippen molar-refractivity contribution < 1.29 is 14.3 Å². The maximum Gasteiger partial charge on any atom is 0.257 e. The Morgan fingerprint density at radius 3 is 3.20 bits per heavy atom. The number of furan rings is 1. The first-order valence-electron chi connectivity index (χ1n) is 6.58. The molecule has 1 fully saturated rings. The molecule has 1 atom stereocenters. The Balaban J connectivity index is 1.79. The normalized spacial score (nSPS) is 22.4. The number of likely N-dealkylation sites (tertiary alicyclic amines) is 1. The van der Waals surface area contributed by atoms with Crippen LogP contribution >= 0.6 is 0 Å². The third-order valence-corrected chi connectivity index (χ3v) is 3.72. The van der Waals surface area contributed by atoms with E-state index in [4.69, 9.17) is 4.42 Å².